The number of hydrogen-bond donors (Lipinski definition) is 2. The predicted octanol–water partition coefficient (Wildman–Crippen LogP) is 3.58. The molecule has 6 rings (SSSR count). The van der Waals surface area contributed by atoms with Gasteiger partial charge in [0.1, 0.15) is 5.82 Å². The Morgan fingerprint density at radius 1 is 1.06 bits per heavy atom. The molecule has 34 heavy (non-hydrogen) atoms. The number of aromatic nitrogens is 1. The molecular formula is C26H35FN4O3. The fraction of sp³-hybridized carbons (Fsp3) is 0.654. The van der Waals surface area contributed by atoms with E-state index in [2.05, 4.69) is 15.4 Å². The topological polar surface area (TPSA) is 101 Å². The number of likely N-dealkylation sites (tertiary alicyclic amines) is 1. The molecule has 1 saturated heterocycles. The highest BCUT2D eigenvalue weighted by atomic mass is 19.1. The number of nitrogens with two attached hydrogens (primary N) is 1. The van der Waals surface area contributed by atoms with Crippen molar-refractivity contribution in [2.24, 2.45) is 29.4 Å². The molecule has 2 unspecified atom stereocenters. The number of nitrogens with zero attached hydrogens (tertiary/aromatic N) is 2. The second-order valence-electron chi connectivity index (χ2n) is 10.5. The van der Waals surface area contributed by atoms with Crippen LogP contribution in [0.1, 0.15) is 63.0 Å². The minimum atomic E-state index is -0.306. The van der Waals surface area contributed by atoms with Crippen LogP contribution in [0.2, 0.25) is 0 Å². The summed E-state index contributed by atoms with van der Waals surface area (Å²) in [5.41, 5.74) is 7.13. The molecule has 0 spiro atoms. The number of amides is 2. The van der Waals surface area contributed by atoms with Crippen LogP contribution >= 0.6 is 0 Å². The molecule has 0 radical (unpaired) electrons. The lowest BCUT2D eigenvalue weighted by molar-refractivity contribution is -0.144. The summed E-state index contributed by atoms with van der Waals surface area (Å²) < 4.78 is 18.7. The van der Waals surface area contributed by atoms with Crippen molar-refractivity contribution in [1.29, 1.82) is 0 Å². The molecule has 3 saturated carbocycles. The molecule has 3 aliphatic carbocycles. The maximum atomic E-state index is 13.4. The molecule has 1 aromatic heterocycles. The quantitative estimate of drug-likeness (QED) is 0.574. The fourth-order valence-electron chi connectivity index (χ4n) is 6.68. The number of rotatable bonds is 8. The Morgan fingerprint density at radius 3 is 2.47 bits per heavy atom. The van der Waals surface area contributed by atoms with E-state index in [0.717, 1.165) is 82.1 Å². The van der Waals surface area contributed by atoms with Crippen molar-refractivity contribution in [3.05, 3.63) is 29.7 Å². The summed E-state index contributed by atoms with van der Waals surface area (Å²) in [5.74, 6) is -0.154. The molecule has 3 N–H and O–H groups in total. The van der Waals surface area contributed by atoms with Crippen molar-refractivity contribution >= 4 is 22.8 Å². The van der Waals surface area contributed by atoms with E-state index in [-0.39, 0.29) is 35.4 Å². The van der Waals surface area contributed by atoms with E-state index in [0.29, 0.717) is 24.0 Å². The normalized spacial score (nSPS) is 27.8. The largest absolute Gasteiger partial charge is 0.369 e. The van der Waals surface area contributed by atoms with Gasteiger partial charge in [0.05, 0.1) is 17.5 Å². The van der Waals surface area contributed by atoms with Crippen LogP contribution in [0.5, 0.6) is 0 Å². The molecule has 1 aromatic carbocycles. The molecule has 8 heteroatoms. The first-order valence-electron chi connectivity index (χ1n) is 12.9. The lowest BCUT2D eigenvalue weighted by Gasteiger charge is -2.46. The van der Waals surface area contributed by atoms with E-state index in [1.54, 1.807) is 6.07 Å². The third-order valence-electron chi connectivity index (χ3n) is 8.49. The minimum Gasteiger partial charge on any atom is -0.369 e. The Balaban J connectivity index is 1.03. The molecule has 4 fully saturated rings. The Kier molecular flexibility index (Phi) is 6.86. The number of fused-ring (bicyclic) bond motifs is 4. The van der Waals surface area contributed by atoms with Gasteiger partial charge in [0, 0.05) is 23.9 Å². The molecule has 4 aliphatic rings. The summed E-state index contributed by atoms with van der Waals surface area (Å²) >= 11 is 0. The van der Waals surface area contributed by atoms with Crippen molar-refractivity contribution in [3.8, 4) is 0 Å². The third-order valence-corrected chi connectivity index (χ3v) is 8.49. The van der Waals surface area contributed by atoms with Crippen molar-refractivity contribution in [1.82, 2.24) is 15.4 Å². The third kappa shape index (κ3) is 4.69. The van der Waals surface area contributed by atoms with E-state index < -0.39 is 0 Å². The monoisotopic (exact) mass is 470 g/mol. The molecule has 184 valence electrons. The van der Waals surface area contributed by atoms with Crippen LogP contribution in [-0.2, 0) is 9.59 Å². The highest BCUT2D eigenvalue weighted by Gasteiger charge is 2.49. The Labute approximate surface area is 199 Å². The summed E-state index contributed by atoms with van der Waals surface area (Å²) in [6.07, 6.45) is 8.12. The standard InChI is InChI=1S/C26H35FN4O3/c27-19-7-8-20-21(15-19)34-30-24(20)18-9-13-31(14-10-18)12-2-1-11-29-26(33)23-17-5-3-16(4-6-17)22(23)25(28)32/h7-8,15-18,22-23H,1-6,9-14H2,(H2,28,32)(H,29,33). The van der Waals surface area contributed by atoms with Crippen molar-refractivity contribution < 1.29 is 18.5 Å². The van der Waals surface area contributed by atoms with Crippen LogP contribution in [0, 0.1) is 29.5 Å². The predicted molar refractivity (Wildman–Crippen MR) is 126 cm³/mol. The first-order valence-corrected chi connectivity index (χ1v) is 12.9. The van der Waals surface area contributed by atoms with E-state index in [4.69, 9.17) is 10.3 Å². The highest BCUT2D eigenvalue weighted by molar-refractivity contribution is 5.87. The van der Waals surface area contributed by atoms with Gasteiger partial charge in [-0.2, -0.15) is 0 Å². The van der Waals surface area contributed by atoms with Crippen LogP contribution in [0.4, 0.5) is 4.39 Å². The van der Waals surface area contributed by atoms with Crippen LogP contribution in [-0.4, -0.2) is 48.0 Å². The van der Waals surface area contributed by atoms with Gasteiger partial charge in [0.25, 0.3) is 0 Å². The zero-order valence-electron chi connectivity index (χ0n) is 19.7. The number of benzene rings is 1. The lowest BCUT2D eigenvalue weighted by atomic mass is 9.58. The van der Waals surface area contributed by atoms with Gasteiger partial charge in [-0.05, 0) is 95.0 Å². The van der Waals surface area contributed by atoms with Crippen molar-refractivity contribution in [3.63, 3.8) is 0 Å². The zero-order chi connectivity index (χ0) is 23.7. The van der Waals surface area contributed by atoms with Gasteiger partial charge < -0.3 is 20.5 Å². The van der Waals surface area contributed by atoms with Gasteiger partial charge in [0.2, 0.25) is 11.8 Å². The highest BCUT2D eigenvalue weighted by Crippen LogP contribution is 2.48. The van der Waals surface area contributed by atoms with Gasteiger partial charge in [-0.15, -0.1) is 0 Å². The SMILES string of the molecule is NC(=O)C1C2CCC(CC2)C1C(=O)NCCCCN1CCC(c2noc3cc(F)ccc23)CC1. The van der Waals surface area contributed by atoms with E-state index in [1.807, 2.05) is 0 Å². The molecule has 2 aromatic rings. The number of primary amides is 1. The minimum absolute atomic E-state index is 0.0266. The zero-order valence-corrected chi connectivity index (χ0v) is 19.7. The lowest BCUT2D eigenvalue weighted by Crippen LogP contribution is -2.52. The fourth-order valence-corrected chi connectivity index (χ4v) is 6.68. The van der Waals surface area contributed by atoms with Gasteiger partial charge in [-0.25, -0.2) is 4.39 Å². The average Bonchev–Trinajstić information content (AvgIpc) is 3.27. The molecule has 2 amide bonds. The summed E-state index contributed by atoms with van der Waals surface area (Å²) in [6, 6.07) is 4.62. The molecule has 1 aliphatic heterocycles. The summed E-state index contributed by atoms with van der Waals surface area (Å²) in [7, 11) is 0. The molecule has 2 heterocycles. The number of piperidine rings is 1. The Bertz CT molecular complexity index is 1020. The van der Waals surface area contributed by atoms with Crippen molar-refractivity contribution in [2.75, 3.05) is 26.2 Å². The Morgan fingerprint density at radius 2 is 1.76 bits per heavy atom. The first kappa shape index (κ1) is 23.3. The molecule has 7 nitrogen and oxygen atoms in total. The maximum absolute atomic E-state index is 13.4. The second kappa shape index (κ2) is 10.0. The smallest absolute Gasteiger partial charge is 0.224 e. The molecule has 2 bridgehead atoms. The van der Waals surface area contributed by atoms with E-state index in [1.165, 1.54) is 12.1 Å². The van der Waals surface area contributed by atoms with Gasteiger partial charge in [-0.1, -0.05) is 5.16 Å². The number of nitrogens with one attached hydrogen (secondary N) is 1. The molecule has 2 atom stereocenters. The van der Waals surface area contributed by atoms with Gasteiger partial charge in [-0.3, -0.25) is 9.59 Å². The number of carbonyl (C=O) groups is 2. The second-order valence-corrected chi connectivity index (χ2v) is 10.5. The van der Waals surface area contributed by atoms with E-state index in [9.17, 15) is 14.0 Å². The summed E-state index contributed by atoms with van der Waals surface area (Å²) in [4.78, 5) is 27.3. The van der Waals surface area contributed by atoms with Crippen LogP contribution in [0.25, 0.3) is 11.0 Å². The number of carbonyl (C=O) groups excluding carboxylic acids is 2. The Hall–Kier alpha value is -2.48. The summed E-state index contributed by atoms with van der Waals surface area (Å²) in [6.45, 7) is 3.65. The van der Waals surface area contributed by atoms with Gasteiger partial charge >= 0.3 is 0 Å². The van der Waals surface area contributed by atoms with E-state index >= 15 is 0 Å². The summed E-state index contributed by atoms with van der Waals surface area (Å²) in [5, 5.41) is 8.24. The number of halogens is 1. The average molecular weight is 471 g/mol. The van der Waals surface area contributed by atoms with Crippen LogP contribution in [0.15, 0.2) is 22.7 Å². The van der Waals surface area contributed by atoms with Gasteiger partial charge in [0.15, 0.2) is 5.58 Å². The van der Waals surface area contributed by atoms with Crippen LogP contribution in [0.3, 0.4) is 0 Å². The number of unbranched alkanes of at least 4 members (excludes halogenated alkanes) is 1. The maximum Gasteiger partial charge on any atom is 0.224 e. The van der Waals surface area contributed by atoms with Crippen molar-refractivity contribution in [2.45, 2.75) is 57.3 Å². The number of hydrogen-bond acceptors (Lipinski definition) is 5. The van der Waals surface area contributed by atoms with Crippen LogP contribution < -0.4 is 11.1 Å². The molecular weight excluding hydrogens is 435 g/mol. The first-order chi connectivity index (χ1) is 16.5.